The molecule has 0 N–H and O–H groups in total. The second kappa shape index (κ2) is 4.34. The van der Waals surface area contributed by atoms with E-state index in [0.29, 0.717) is 9.50 Å². The Labute approximate surface area is 110 Å². The number of hydrogen-bond acceptors (Lipinski definition) is 0. The topological polar surface area (TPSA) is 0 Å². The van der Waals surface area contributed by atoms with Gasteiger partial charge in [0.25, 0.3) is 0 Å². The zero-order valence-electron chi connectivity index (χ0n) is 8.16. The minimum atomic E-state index is -0.155. The molecule has 0 spiro atoms. The van der Waals surface area contributed by atoms with Crippen molar-refractivity contribution in [2.24, 2.45) is 0 Å². The van der Waals surface area contributed by atoms with Crippen molar-refractivity contribution < 1.29 is 4.39 Å². The lowest BCUT2D eigenvalue weighted by molar-refractivity contribution is 0.529. The molecule has 0 heterocycles. The molecule has 0 fully saturated rings. The summed E-state index contributed by atoms with van der Waals surface area (Å²) < 4.78 is 14.5. The molecule has 0 aromatic heterocycles. The quantitative estimate of drug-likeness (QED) is 0.421. The van der Waals surface area contributed by atoms with Crippen LogP contribution in [0.5, 0.6) is 0 Å². The first-order chi connectivity index (χ1) is 7.02. The normalized spacial score (nSPS) is 25.1. The number of halogens is 4. The van der Waals surface area contributed by atoms with Gasteiger partial charge >= 0.3 is 0 Å². The first-order valence-corrected chi connectivity index (χ1v) is 6.92. The van der Waals surface area contributed by atoms with E-state index in [-0.39, 0.29) is 16.6 Å². The van der Waals surface area contributed by atoms with E-state index < -0.39 is 0 Å². The number of alkyl halides is 1. The van der Waals surface area contributed by atoms with Gasteiger partial charge < -0.3 is 0 Å². The zero-order valence-corrected chi connectivity index (χ0v) is 12.1. The Bertz CT molecular complexity index is 406. The van der Waals surface area contributed by atoms with Crippen LogP contribution in [0.25, 0.3) is 0 Å². The molecule has 1 aromatic rings. The monoisotopic (exact) mass is 354 g/mol. The van der Waals surface area contributed by atoms with Gasteiger partial charge in [0.05, 0.1) is 5.02 Å². The maximum atomic E-state index is 13.8. The van der Waals surface area contributed by atoms with Crippen LogP contribution in [0, 0.1) is 5.82 Å². The van der Waals surface area contributed by atoms with Crippen LogP contribution in [0.4, 0.5) is 4.39 Å². The molecule has 4 heteroatoms. The average molecular weight is 356 g/mol. The van der Waals surface area contributed by atoms with Crippen LogP contribution in [0.3, 0.4) is 0 Å². The Balaban J connectivity index is 2.71. The van der Waals surface area contributed by atoms with Crippen LogP contribution >= 0.6 is 43.5 Å². The van der Waals surface area contributed by atoms with E-state index in [2.05, 4.69) is 31.9 Å². The van der Waals surface area contributed by atoms with Crippen LogP contribution < -0.4 is 0 Å². The highest BCUT2D eigenvalue weighted by Gasteiger charge is 2.29. The molecule has 2 atom stereocenters. The van der Waals surface area contributed by atoms with Gasteiger partial charge in [-0.15, -0.1) is 0 Å². The maximum Gasteiger partial charge on any atom is 0.128 e. The van der Waals surface area contributed by atoms with Crippen molar-refractivity contribution >= 4 is 43.5 Å². The van der Waals surface area contributed by atoms with Crippen molar-refractivity contribution in [2.75, 3.05) is 0 Å². The van der Waals surface area contributed by atoms with Gasteiger partial charge in [-0.2, -0.15) is 0 Å². The number of rotatable bonds is 0. The fraction of sp³-hybridized carbons (Fsp3) is 0.455. The molecule has 0 saturated carbocycles. The minimum absolute atomic E-state index is 0.155. The second-order valence-electron chi connectivity index (χ2n) is 3.93. The van der Waals surface area contributed by atoms with Crippen LogP contribution in [-0.2, 0) is 0 Å². The van der Waals surface area contributed by atoms with Gasteiger partial charge in [-0.1, -0.05) is 34.5 Å². The van der Waals surface area contributed by atoms with Crippen LogP contribution in [0.1, 0.15) is 41.6 Å². The van der Waals surface area contributed by atoms with E-state index in [0.717, 1.165) is 24.0 Å². The van der Waals surface area contributed by atoms with E-state index >= 15 is 0 Å². The smallest absolute Gasteiger partial charge is 0.128 e. The summed E-state index contributed by atoms with van der Waals surface area (Å²) in [6.45, 7) is 2.05. The van der Waals surface area contributed by atoms with E-state index in [9.17, 15) is 4.39 Å². The number of fused-ring (bicyclic) bond motifs is 1. The lowest BCUT2D eigenvalue weighted by atomic mass is 9.83. The summed E-state index contributed by atoms with van der Waals surface area (Å²) in [5, 5.41) is 0.639. The molecule has 82 valence electrons. The van der Waals surface area contributed by atoms with Crippen molar-refractivity contribution in [1.29, 1.82) is 0 Å². The Kier molecular flexibility index (Phi) is 3.44. The first kappa shape index (κ1) is 11.9. The Hall–Kier alpha value is 0.400. The summed E-state index contributed by atoms with van der Waals surface area (Å²) in [5.74, 6) is 0.0947. The van der Waals surface area contributed by atoms with Crippen LogP contribution in [-0.4, -0.2) is 0 Å². The molecular formula is C11H10Br2ClF. The summed E-state index contributed by atoms with van der Waals surface area (Å²) >= 11 is 13.0. The van der Waals surface area contributed by atoms with E-state index in [1.54, 1.807) is 0 Å². The number of benzene rings is 1. The molecule has 1 aliphatic rings. The predicted octanol–water partition coefficient (Wildman–Crippen LogP) is 5.57. The predicted molar refractivity (Wildman–Crippen MR) is 68.4 cm³/mol. The highest BCUT2D eigenvalue weighted by molar-refractivity contribution is 9.10. The van der Waals surface area contributed by atoms with Crippen molar-refractivity contribution in [1.82, 2.24) is 0 Å². The fourth-order valence-electron chi connectivity index (χ4n) is 2.12. The molecule has 0 nitrogen and oxygen atoms in total. The first-order valence-electron chi connectivity index (χ1n) is 4.83. The Morgan fingerprint density at radius 1 is 1.40 bits per heavy atom. The third kappa shape index (κ3) is 1.98. The zero-order chi connectivity index (χ0) is 11.2. The van der Waals surface area contributed by atoms with Crippen LogP contribution in [0.15, 0.2) is 10.5 Å². The summed E-state index contributed by atoms with van der Waals surface area (Å²) in [6.07, 6.45) is 2.00. The standard InChI is InChI=1S/C11H10Br2ClF/c1-5-2-3-6(12)10-9(5)8(15)4-7(13)11(10)14/h4-6H,2-3H2,1H3. The van der Waals surface area contributed by atoms with Crippen molar-refractivity contribution in [2.45, 2.75) is 30.5 Å². The van der Waals surface area contributed by atoms with Crippen molar-refractivity contribution in [3.63, 3.8) is 0 Å². The lowest BCUT2D eigenvalue weighted by Crippen LogP contribution is -2.12. The van der Waals surface area contributed by atoms with Crippen LogP contribution in [0.2, 0.25) is 5.02 Å². The van der Waals surface area contributed by atoms with E-state index in [1.807, 2.05) is 6.92 Å². The molecule has 15 heavy (non-hydrogen) atoms. The Morgan fingerprint density at radius 3 is 2.73 bits per heavy atom. The van der Waals surface area contributed by atoms with Gasteiger partial charge in [-0.25, -0.2) is 4.39 Å². The van der Waals surface area contributed by atoms with Gasteiger partial charge in [0, 0.05) is 9.30 Å². The van der Waals surface area contributed by atoms with Gasteiger partial charge in [0.15, 0.2) is 0 Å². The largest absolute Gasteiger partial charge is 0.207 e. The molecule has 1 aromatic carbocycles. The van der Waals surface area contributed by atoms with Gasteiger partial charge in [0.2, 0.25) is 0 Å². The second-order valence-corrected chi connectivity index (χ2v) is 6.27. The fourth-order valence-corrected chi connectivity index (χ4v) is 3.69. The number of hydrogen-bond donors (Lipinski definition) is 0. The lowest BCUT2D eigenvalue weighted by Gasteiger charge is -2.28. The molecule has 2 rings (SSSR count). The molecule has 1 aliphatic carbocycles. The minimum Gasteiger partial charge on any atom is -0.207 e. The molecule has 0 radical (unpaired) electrons. The third-order valence-electron chi connectivity index (χ3n) is 2.91. The summed E-state index contributed by atoms with van der Waals surface area (Å²) in [5.41, 5.74) is 1.69. The van der Waals surface area contributed by atoms with Gasteiger partial charge in [-0.3, -0.25) is 0 Å². The van der Waals surface area contributed by atoms with E-state index in [1.165, 1.54) is 6.07 Å². The van der Waals surface area contributed by atoms with Gasteiger partial charge in [-0.05, 0) is 51.9 Å². The third-order valence-corrected chi connectivity index (χ3v) is 5.08. The van der Waals surface area contributed by atoms with E-state index in [4.69, 9.17) is 11.6 Å². The van der Waals surface area contributed by atoms with Crippen molar-refractivity contribution in [3.05, 3.63) is 32.5 Å². The molecule has 0 bridgehead atoms. The molecule has 0 aliphatic heterocycles. The summed E-state index contributed by atoms with van der Waals surface area (Å²) in [7, 11) is 0. The SMILES string of the molecule is CC1CCC(Br)c2c(Cl)c(Br)cc(F)c21. The average Bonchev–Trinajstić information content (AvgIpc) is 2.18. The molecule has 0 saturated heterocycles. The van der Waals surface area contributed by atoms with Gasteiger partial charge in [0.1, 0.15) is 5.82 Å². The Morgan fingerprint density at radius 2 is 2.07 bits per heavy atom. The molecule has 2 unspecified atom stereocenters. The maximum absolute atomic E-state index is 13.8. The summed E-state index contributed by atoms with van der Waals surface area (Å²) in [6, 6.07) is 1.46. The summed E-state index contributed by atoms with van der Waals surface area (Å²) in [4.78, 5) is 0.170. The molecule has 0 amide bonds. The van der Waals surface area contributed by atoms with Crippen molar-refractivity contribution in [3.8, 4) is 0 Å². The highest BCUT2D eigenvalue weighted by atomic mass is 79.9. The molecular weight excluding hydrogens is 346 g/mol. The highest BCUT2D eigenvalue weighted by Crippen LogP contribution is 2.48.